The Morgan fingerprint density at radius 2 is 1.96 bits per heavy atom. The van der Waals surface area contributed by atoms with Crippen molar-refractivity contribution in [1.29, 1.82) is 0 Å². The van der Waals surface area contributed by atoms with Crippen LogP contribution in [0.3, 0.4) is 0 Å². The molecule has 3 heterocycles. The molecule has 2 aromatic heterocycles. The number of nitrogens with zero attached hydrogens (tertiary/aromatic N) is 4. The molecule has 0 bridgehead atoms. The molecule has 0 N–H and O–H groups in total. The van der Waals surface area contributed by atoms with Crippen LogP contribution in [-0.4, -0.2) is 38.8 Å². The molecule has 1 saturated heterocycles. The van der Waals surface area contributed by atoms with Crippen molar-refractivity contribution in [2.75, 3.05) is 13.1 Å². The van der Waals surface area contributed by atoms with Crippen LogP contribution in [0, 0.1) is 6.92 Å². The number of aromatic nitrogens is 3. The molecular formula is C20H20N4O2S. The number of para-hydroxylation sites is 1. The molecular weight excluding hydrogens is 360 g/mol. The highest BCUT2D eigenvalue weighted by molar-refractivity contribution is 7.07. The highest BCUT2D eigenvalue weighted by Crippen LogP contribution is 2.29. The summed E-state index contributed by atoms with van der Waals surface area (Å²) in [4.78, 5) is 27.7. The fourth-order valence-corrected chi connectivity index (χ4v) is 3.75. The number of hydrogen-bond donors (Lipinski definition) is 0. The monoisotopic (exact) mass is 380 g/mol. The van der Waals surface area contributed by atoms with Crippen LogP contribution in [0.4, 0.5) is 0 Å². The Morgan fingerprint density at radius 3 is 2.67 bits per heavy atom. The third kappa shape index (κ3) is 4.14. The summed E-state index contributed by atoms with van der Waals surface area (Å²) >= 11 is 1.44. The van der Waals surface area contributed by atoms with Gasteiger partial charge < -0.3 is 9.64 Å². The molecule has 1 aromatic carbocycles. The zero-order chi connectivity index (χ0) is 18.6. The number of likely N-dealkylation sites (tertiary alicyclic amines) is 1. The average molecular weight is 380 g/mol. The maximum Gasteiger partial charge on any atom is 0.273 e. The SMILES string of the molecule is Cc1cc(Oc2ccccc2)nc(C2CCN(C(=O)c3cscn3)CC2)n1. The molecule has 1 aliphatic heterocycles. The Labute approximate surface area is 161 Å². The molecule has 3 aromatic rings. The summed E-state index contributed by atoms with van der Waals surface area (Å²) in [6.45, 7) is 3.32. The van der Waals surface area contributed by atoms with Crippen LogP contribution in [0.15, 0.2) is 47.3 Å². The van der Waals surface area contributed by atoms with Crippen LogP contribution < -0.4 is 4.74 Å². The number of amides is 1. The third-order valence-corrected chi connectivity index (χ3v) is 5.20. The maximum absolute atomic E-state index is 12.4. The van der Waals surface area contributed by atoms with Crippen molar-refractivity contribution in [3.8, 4) is 11.6 Å². The number of thiazole rings is 1. The summed E-state index contributed by atoms with van der Waals surface area (Å²) in [7, 11) is 0. The minimum atomic E-state index is 0.00737. The van der Waals surface area contributed by atoms with Gasteiger partial charge in [-0.3, -0.25) is 4.79 Å². The van der Waals surface area contributed by atoms with Gasteiger partial charge in [-0.25, -0.2) is 9.97 Å². The molecule has 0 atom stereocenters. The van der Waals surface area contributed by atoms with Gasteiger partial charge >= 0.3 is 0 Å². The van der Waals surface area contributed by atoms with Gasteiger partial charge in [-0.2, -0.15) is 4.98 Å². The van der Waals surface area contributed by atoms with E-state index in [1.165, 1.54) is 11.3 Å². The van der Waals surface area contributed by atoms with Crippen molar-refractivity contribution in [3.63, 3.8) is 0 Å². The molecule has 27 heavy (non-hydrogen) atoms. The lowest BCUT2D eigenvalue weighted by molar-refractivity contribution is 0.0705. The lowest BCUT2D eigenvalue weighted by Gasteiger charge is -2.31. The Hall–Kier alpha value is -2.80. The summed E-state index contributed by atoms with van der Waals surface area (Å²) < 4.78 is 5.88. The van der Waals surface area contributed by atoms with Crippen molar-refractivity contribution in [2.24, 2.45) is 0 Å². The summed E-state index contributed by atoms with van der Waals surface area (Å²) in [5, 5.41) is 1.80. The second kappa shape index (κ2) is 7.84. The molecule has 1 aliphatic rings. The predicted molar refractivity (Wildman–Crippen MR) is 103 cm³/mol. The number of carbonyl (C=O) groups is 1. The first-order valence-corrected chi connectivity index (χ1v) is 9.89. The van der Waals surface area contributed by atoms with E-state index in [-0.39, 0.29) is 11.8 Å². The predicted octanol–water partition coefficient (Wildman–Crippen LogP) is 4.05. The number of piperidine rings is 1. The van der Waals surface area contributed by atoms with Gasteiger partial charge in [0.05, 0.1) is 5.51 Å². The minimum Gasteiger partial charge on any atom is -0.439 e. The van der Waals surface area contributed by atoms with Crippen molar-refractivity contribution < 1.29 is 9.53 Å². The van der Waals surface area contributed by atoms with E-state index in [1.54, 1.807) is 10.9 Å². The van der Waals surface area contributed by atoms with Crippen LogP contribution >= 0.6 is 11.3 Å². The standard InChI is InChI=1S/C20H20N4O2S/c1-14-11-18(26-16-5-3-2-4-6-16)23-19(22-14)15-7-9-24(10-8-15)20(25)17-12-27-13-21-17/h2-6,11-13,15H,7-10H2,1H3. The van der Waals surface area contributed by atoms with Crippen LogP contribution in [0.25, 0.3) is 0 Å². The minimum absolute atomic E-state index is 0.00737. The van der Waals surface area contributed by atoms with Crippen molar-refractivity contribution in [1.82, 2.24) is 19.9 Å². The first kappa shape index (κ1) is 17.6. The number of carbonyl (C=O) groups excluding carboxylic acids is 1. The molecule has 0 unspecified atom stereocenters. The zero-order valence-electron chi connectivity index (χ0n) is 15.0. The van der Waals surface area contributed by atoms with Gasteiger partial charge in [-0.15, -0.1) is 11.3 Å². The molecule has 0 aliphatic carbocycles. The van der Waals surface area contributed by atoms with Crippen molar-refractivity contribution >= 4 is 17.2 Å². The van der Waals surface area contributed by atoms with Gasteiger partial charge in [0.1, 0.15) is 17.3 Å². The summed E-state index contributed by atoms with van der Waals surface area (Å²) in [6.07, 6.45) is 1.67. The van der Waals surface area contributed by atoms with Gasteiger partial charge in [0.25, 0.3) is 5.91 Å². The second-order valence-electron chi connectivity index (χ2n) is 6.56. The molecule has 0 radical (unpaired) electrons. The normalized spacial score (nSPS) is 14.9. The molecule has 4 rings (SSSR count). The Morgan fingerprint density at radius 1 is 1.19 bits per heavy atom. The van der Waals surface area contributed by atoms with Crippen LogP contribution in [0.1, 0.15) is 40.8 Å². The van der Waals surface area contributed by atoms with Crippen molar-refractivity contribution in [2.45, 2.75) is 25.7 Å². The number of rotatable bonds is 4. The largest absolute Gasteiger partial charge is 0.439 e. The first-order chi connectivity index (χ1) is 13.2. The van der Waals surface area contributed by atoms with Gasteiger partial charge in [-0.05, 0) is 31.9 Å². The number of benzene rings is 1. The van der Waals surface area contributed by atoms with E-state index in [1.807, 2.05) is 48.2 Å². The second-order valence-corrected chi connectivity index (χ2v) is 7.28. The van der Waals surface area contributed by atoms with Crippen LogP contribution in [-0.2, 0) is 0 Å². The third-order valence-electron chi connectivity index (χ3n) is 4.61. The molecule has 6 nitrogen and oxygen atoms in total. The highest BCUT2D eigenvalue weighted by Gasteiger charge is 2.27. The number of ether oxygens (including phenoxy) is 1. The smallest absolute Gasteiger partial charge is 0.273 e. The Kier molecular flexibility index (Phi) is 5.11. The van der Waals surface area contributed by atoms with Gasteiger partial charge in [-0.1, -0.05) is 18.2 Å². The average Bonchev–Trinajstić information content (AvgIpc) is 3.23. The van der Waals surface area contributed by atoms with Gasteiger partial charge in [0.15, 0.2) is 0 Å². The molecule has 1 fully saturated rings. The lowest BCUT2D eigenvalue weighted by atomic mass is 9.95. The van der Waals surface area contributed by atoms with E-state index in [0.717, 1.165) is 30.1 Å². The zero-order valence-corrected chi connectivity index (χ0v) is 15.9. The molecule has 0 saturated carbocycles. The highest BCUT2D eigenvalue weighted by atomic mass is 32.1. The van der Waals surface area contributed by atoms with E-state index in [0.29, 0.717) is 24.7 Å². The first-order valence-electron chi connectivity index (χ1n) is 8.95. The molecule has 0 spiro atoms. The maximum atomic E-state index is 12.4. The molecule has 138 valence electrons. The van der Waals surface area contributed by atoms with E-state index >= 15 is 0 Å². The lowest BCUT2D eigenvalue weighted by Crippen LogP contribution is -2.38. The van der Waals surface area contributed by atoms with Gasteiger partial charge in [0, 0.05) is 36.1 Å². The van der Waals surface area contributed by atoms with E-state index in [2.05, 4.69) is 15.0 Å². The van der Waals surface area contributed by atoms with E-state index in [4.69, 9.17) is 4.74 Å². The number of aryl methyl sites for hydroxylation is 1. The number of hydrogen-bond acceptors (Lipinski definition) is 6. The van der Waals surface area contributed by atoms with Crippen LogP contribution in [0.2, 0.25) is 0 Å². The summed E-state index contributed by atoms with van der Waals surface area (Å²) in [5.41, 5.74) is 3.10. The fraction of sp³-hybridized carbons (Fsp3) is 0.300. The topological polar surface area (TPSA) is 68.2 Å². The van der Waals surface area contributed by atoms with Crippen molar-refractivity contribution in [3.05, 3.63) is 64.5 Å². The fourth-order valence-electron chi connectivity index (χ4n) is 3.23. The van der Waals surface area contributed by atoms with E-state index in [9.17, 15) is 4.79 Å². The Balaban J connectivity index is 1.44. The van der Waals surface area contributed by atoms with Crippen LogP contribution in [0.5, 0.6) is 11.6 Å². The summed E-state index contributed by atoms with van der Waals surface area (Å²) in [6, 6.07) is 11.5. The van der Waals surface area contributed by atoms with Gasteiger partial charge in [0.2, 0.25) is 5.88 Å². The summed E-state index contributed by atoms with van der Waals surface area (Å²) in [5.74, 6) is 2.34. The Bertz CT molecular complexity index is 907. The molecule has 1 amide bonds. The van der Waals surface area contributed by atoms with E-state index < -0.39 is 0 Å². The quantitative estimate of drug-likeness (QED) is 0.683. The molecule has 7 heteroatoms.